The number of hydrogen-bond acceptors (Lipinski definition) is 4. The first-order chi connectivity index (χ1) is 4.57. The molecule has 0 aliphatic heterocycles. The van der Waals surface area contributed by atoms with Crippen molar-refractivity contribution in [1.29, 1.82) is 0 Å². The molecule has 5 heteroatoms. The van der Waals surface area contributed by atoms with E-state index in [0.717, 1.165) is 13.0 Å². The summed E-state index contributed by atoms with van der Waals surface area (Å²) >= 11 is 0. The minimum atomic E-state index is -1.16. The first-order valence-corrected chi connectivity index (χ1v) is 2.47. The maximum Gasteiger partial charge on any atom is 2.00 e. The van der Waals surface area contributed by atoms with Crippen LogP contribution in [-0.2, 0) is 19.1 Å². The van der Waals surface area contributed by atoms with Crippen LogP contribution in [0.15, 0.2) is 12.7 Å². The fourth-order valence-electron chi connectivity index (χ4n) is 0.205. The first kappa shape index (κ1) is 12.9. The van der Waals surface area contributed by atoms with Crippen molar-refractivity contribution in [3.05, 3.63) is 12.7 Å². The quantitative estimate of drug-likeness (QED) is 0.186. The molecule has 0 heterocycles. The van der Waals surface area contributed by atoms with Crippen molar-refractivity contribution in [3.8, 4) is 0 Å². The van der Waals surface area contributed by atoms with E-state index in [1.807, 2.05) is 0 Å². The number of carbonyl (C=O) groups is 3. The second kappa shape index (κ2) is 6.05. The van der Waals surface area contributed by atoms with E-state index in [9.17, 15) is 14.4 Å². The van der Waals surface area contributed by atoms with Crippen LogP contribution in [0, 0.1) is 0 Å². The smallest absolute Gasteiger partial charge is 1.00 e. The van der Waals surface area contributed by atoms with Crippen molar-refractivity contribution in [2.75, 3.05) is 0 Å². The number of esters is 2. The number of hydrogen-bond donors (Lipinski definition) is 0. The van der Waals surface area contributed by atoms with Gasteiger partial charge in [-0.1, -0.05) is 6.58 Å². The van der Waals surface area contributed by atoms with Crippen LogP contribution in [0.2, 0.25) is 0 Å². The summed E-state index contributed by atoms with van der Waals surface area (Å²) in [6.07, 6.45) is 0.806. The first-order valence-electron chi connectivity index (χ1n) is 2.47. The van der Waals surface area contributed by atoms with Gasteiger partial charge in [0.1, 0.15) is 0 Å². The molecule has 0 bridgehead atoms. The van der Waals surface area contributed by atoms with Gasteiger partial charge >= 0.3 is 35.0 Å². The van der Waals surface area contributed by atoms with Crippen LogP contribution in [0.25, 0.3) is 0 Å². The summed E-state index contributed by atoms with van der Waals surface area (Å²) in [7, 11) is 0. The van der Waals surface area contributed by atoms with Gasteiger partial charge < -0.3 is 7.59 Å². The Morgan fingerprint density at radius 2 is 1.91 bits per heavy atom. The summed E-state index contributed by atoms with van der Waals surface area (Å²) < 4.78 is 3.92. The summed E-state index contributed by atoms with van der Waals surface area (Å²) in [5.74, 6) is -2.89. The van der Waals surface area contributed by atoms with Gasteiger partial charge in [0, 0.05) is 13.0 Å². The number of ketones is 1. The zero-order valence-electron chi connectivity index (χ0n) is 8.12. The predicted octanol–water partition coefficient (Wildman–Crippen LogP) is -0.325. The molecule has 0 rings (SSSR count). The monoisotopic (exact) mass is 168 g/mol. The average molecular weight is 168 g/mol. The molecule has 0 aromatic heterocycles. The Bertz CT molecular complexity index is 205. The molecule has 0 saturated carbocycles. The third-order valence-corrected chi connectivity index (χ3v) is 0.647. The minimum absolute atomic E-state index is 0. The molecule has 0 radical (unpaired) electrons. The molecule has 0 unspecified atom stereocenters. The van der Waals surface area contributed by atoms with Crippen molar-refractivity contribution in [2.24, 2.45) is 0 Å². The number of ether oxygens (including phenoxy) is 1. The topological polar surface area (TPSA) is 60.4 Å². The van der Waals surface area contributed by atoms with E-state index >= 15 is 0 Å². The molecule has 4 nitrogen and oxygen atoms in total. The molecule has 0 aliphatic rings. The van der Waals surface area contributed by atoms with Gasteiger partial charge in [0.25, 0.3) is 0 Å². The molecular weight excluding hydrogens is 160 g/mol. The zero-order valence-corrected chi connectivity index (χ0v) is 7.54. The molecule has 0 aromatic carbocycles. The minimum Gasteiger partial charge on any atom is -1.00 e. The standard InChI is InChI=1S/C6H6O4.Mg.2H/c1-3-5(8)10-6(9)4(2)7;;;/h3H,1H2,2H3;;;/q;+2;2*-1. The maximum absolute atomic E-state index is 10.3. The Morgan fingerprint density at radius 3 is 2.18 bits per heavy atom. The summed E-state index contributed by atoms with van der Waals surface area (Å²) in [4.78, 5) is 30.6. The summed E-state index contributed by atoms with van der Waals surface area (Å²) in [5.41, 5.74) is 0. The van der Waals surface area contributed by atoms with E-state index in [1.165, 1.54) is 0 Å². The van der Waals surface area contributed by atoms with E-state index in [2.05, 4.69) is 11.3 Å². The van der Waals surface area contributed by atoms with Crippen LogP contribution in [-0.4, -0.2) is 40.8 Å². The van der Waals surface area contributed by atoms with Gasteiger partial charge in [-0.15, -0.1) is 0 Å². The van der Waals surface area contributed by atoms with E-state index < -0.39 is 17.7 Å². The molecule has 0 aromatic rings. The molecule has 11 heavy (non-hydrogen) atoms. The third kappa shape index (κ3) is 5.75. The number of rotatable bonds is 2. The van der Waals surface area contributed by atoms with Gasteiger partial charge in [-0.3, -0.25) is 4.79 Å². The predicted molar refractivity (Wildman–Crippen MR) is 40.0 cm³/mol. The van der Waals surface area contributed by atoms with Gasteiger partial charge in [0.05, 0.1) is 0 Å². The van der Waals surface area contributed by atoms with Crippen molar-refractivity contribution >= 4 is 40.8 Å². The van der Waals surface area contributed by atoms with Gasteiger partial charge in [-0.25, -0.2) is 9.59 Å². The molecule has 0 amide bonds. The largest absolute Gasteiger partial charge is 2.00 e. The molecular formula is C6H8MgO4. The maximum atomic E-state index is 10.3. The SMILES string of the molecule is C=CC(=O)OC(=O)C(C)=O.[H-].[H-].[Mg+2]. The van der Waals surface area contributed by atoms with E-state index in [-0.39, 0.29) is 25.9 Å². The van der Waals surface area contributed by atoms with Crippen LogP contribution >= 0.6 is 0 Å². The van der Waals surface area contributed by atoms with Gasteiger partial charge in [0.15, 0.2) is 0 Å². The van der Waals surface area contributed by atoms with Crippen LogP contribution in [0.1, 0.15) is 9.78 Å². The summed E-state index contributed by atoms with van der Waals surface area (Å²) in [5, 5.41) is 0. The van der Waals surface area contributed by atoms with Crippen LogP contribution in [0.3, 0.4) is 0 Å². The van der Waals surface area contributed by atoms with E-state index in [1.54, 1.807) is 0 Å². The van der Waals surface area contributed by atoms with Gasteiger partial charge in [0.2, 0.25) is 5.78 Å². The molecule has 0 saturated heterocycles. The van der Waals surface area contributed by atoms with Gasteiger partial charge in [-0.2, -0.15) is 0 Å². The Kier molecular flexibility index (Phi) is 7.13. The van der Waals surface area contributed by atoms with Gasteiger partial charge in [-0.05, 0) is 0 Å². The fraction of sp³-hybridized carbons (Fsp3) is 0.167. The van der Waals surface area contributed by atoms with E-state index in [0.29, 0.717) is 0 Å². The van der Waals surface area contributed by atoms with E-state index in [4.69, 9.17) is 0 Å². The molecule has 0 atom stereocenters. The molecule has 58 valence electrons. The van der Waals surface area contributed by atoms with Crippen molar-refractivity contribution in [3.63, 3.8) is 0 Å². The number of Topliss-reactive ketones (excluding diaryl/α,β-unsaturated/α-hetero) is 1. The third-order valence-electron chi connectivity index (χ3n) is 0.647. The van der Waals surface area contributed by atoms with Crippen molar-refractivity contribution < 1.29 is 22.0 Å². The molecule has 0 spiro atoms. The van der Waals surface area contributed by atoms with Crippen LogP contribution in [0.4, 0.5) is 0 Å². The molecule has 0 fully saturated rings. The van der Waals surface area contributed by atoms with Crippen molar-refractivity contribution in [2.45, 2.75) is 6.92 Å². The fourth-order valence-corrected chi connectivity index (χ4v) is 0.205. The second-order valence-corrected chi connectivity index (χ2v) is 1.47. The Balaban J connectivity index is -0.000000135. The summed E-state index contributed by atoms with van der Waals surface area (Å²) in [6, 6.07) is 0. The Morgan fingerprint density at radius 1 is 1.45 bits per heavy atom. The van der Waals surface area contributed by atoms with Crippen molar-refractivity contribution in [1.82, 2.24) is 0 Å². The average Bonchev–Trinajstić information content (AvgIpc) is 1.87. The van der Waals surface area contributed by atoms with Crippen LogP contribution in [0.5, 0.6) is 0 Å². The molecule has 0 aliphatic carbocycles. The Hall–Kier alpha value is -0.684. The summed E-state index contributed by atoms with van der Waals surface area (Å²) in [6.45, 7) is 4.05. The zero-order chi connectivity index (χ0) is 8.15. The van der Waals surface area contributed by atoms with Crippen LogP contribution < -0.4 is 0 Å². The molecule has 0 N–H and O–H groups in total. The second-order valence-electron chi connectivity index (χ2n) is 1.47. The Labute approximate surface area is 82.7 Å². The normalized spacial score (nSPS) is 7.36. The number of carbonyl (C=O) groups excluding carboxylic acids is 3.